The number of amides is 2. The molecule has 72 heavy (non-hydrogen) atoms. The Bertz CT molecular complexity index is 2680. The zero-order valence-corrected chi connectivity index (χ0v) is 40.0. The molecule has 2 aliphatic heterocycles. The van der Waals surface area contributed by atoms with E-state index in [4.69, 9.17) is 37.7 Å². The topological polar surface area (TPSA) is 206 Å². The number of hydrogen-bond donors (Lipinski definition) is 2. The van der Waals surface area contributed by atoms with Gasteiger partial charge in [0, 0.05) is 60.0 Å². The van der Waals surface area contributed by atoms with Crippen LogP contribution in [0.25, 0.3) is 21.9 Å². The van der Waals surface area contributed by atoms with Crippen molar-refractivity contribution in [1.82, 2.24) is 31.1 Å². The number of aromatic nitrogens is 2. The van der Waals surface area contributed by atoms with E-state index in [0.29, 0.717) is 58.5 Å². The second-order valence-corrected chi connectivity index (χ2v) is 17.6. The number of likely N-dealkylation sites (tertiary alicyclic amines) is 2. The Labute approximate surface area is 413 Å². The molecule has 2 amide bonds. The highest BCUT2D eigenvalue weighted by Crippen LogP contribution is 2.35. The summed E-state index contributed by atoms with van der Waals surface area (Å²) < 4.78 is 60.8. The quantitative estimate of drug-likeness (QED) is 0.0446. The van der Waals surface area contributed by atoms with Gasteiger partial charge in [-0.1, -0.05) is 22.4 Å². The van der Waals surface area contributed by atoms with Gasteiger partial charge < -0.3 is 47.5 Å². The molecule has 0 bridgehead atoms. The maximum Gasteiger partial charge on any atom is 0.356 e. The lowest BCUT2D eigenvalue weighted by Gasteiger charge is -2.31. The highest BCUT2D eigenvalue weighted by molar-refractivity contribution is 5.93. The van der Waals surface area contributed by atoms with Crippen LogP contribution in [0, 0.1) is 11.6 Å². The van der Waals surface area contributed by atoms with Crippen molar-refractivity contribution in [2.45, 2.75) is 63.2 Å². The van der Waals surface area contributed by atoms with E-state index in [0.717, 1.165) is 112 Å². The van der Waals surface area contributed by atoms with Gasteiger partial charge in [0.2, 0.25) is 0 Å². The third-order valence-corrected chi connectivity index (χ3v) is 12.7. The maximum atomic E-state index is 13.6. The summed E-state index contributed by atoms with van der Waals surface area (Å²) in [7, 11) is 2.99. The van der Waals surface area contributed by atoms with Gasteiger partial charge in [-0.3, -0.25) is 9.59 Å². The molecular formula is C52H56F2N6O12. The predicted octanol–water partition coefficient (Wildman–Crippen LogP) is 7.05. The largest absolute Gasteiger partial charge is 0.493 e. The molecule has 20 heteroatoms. The summed E-state index contributed by atoms with van der Waals surface area (Å²) >= 11 is 0. The number of fused-ring (bicyclic) bond motifs is 2. The molecule has 18 nitrogen and oxygen atoms in total. The van der Waals surface area contributed by atoms with Crippen molar-refractivity contribution in [1.29, 1.82) is 0 Å². The fourth-order valence-electron chi connectivity index (χ4n) is 9.00. The molecule has 0 spiro atoms. The summed E-state index contributed by atoms with van der Waals surface area (Å²) in [6, 6.07) is 19.1. The standard InChI is InChI=1S/C52H56F2N6O12/c1-65-45-27-33(5-11-41(45)67-25-3-19-59-21-15-35(16-22-59)51-39-9-7-37(53)31-43(39)69-57-51)29-47(61)55-71-49(63)13-14-50(64)72-56-48(62)30-34-6-12-42(46(28-34)66-2)68-26-4-20-60-23-17-36(18-24-60)52-40-10-8-38(54)32-44(40)70-58-52/h5-14,27-28,31-32,35-36H,3-4,15-26,29-30H2,1-2H3,(H,55,61)(H,56,62)/b14-13+. The van der Waals surface area contributed by atoms with Crippen molar-refractivity contribution in [2.75, 3.05) is 66.7 Å². The van der Waals surface area contributed by atoms with Gasteiger partial charge in [-0.25, -0.2) is 18.4 Å². The number of hydrogen-bond acceptors (Lipinski definition) is 16. The summed E-state index contributed by atoms with van der Waals surface area (Å²) in [6.07, 6.45) is 6.40. The van der Waals surface area contributed by atoms with Gasteiger partial charge in [0.15, 0.2) is 34.2 Å². The zero-order chi connectivity index (χ0) is 50.4. The third-order valence-electron chi connectivity index (χ3n) is 12.7. The van der Waals surface area contributed by atoms with Gasteiger partial charge in [0.25, 0.3) is 11.8 Å². The Hall–Kier alpha value is -7.58. The number of piperidine rings is 2. The first kappa shape index (κ1) is 50.8. The number of methoxy groups -OCH3 is 2. The molecular weight excluding hydrogens is 939 g/mol. The number of carbonyl (C=O) groups excluding carboxylic acids is 4. The molecule has 0 saturated carbocycles. The first-order valence-electron chi connectivity index (χ1n) is 23.8. The van der Waals surface area contributed by atoms with Crippen LogP contribution in [0.15, 0.2) is 94.0 Å². The maximum absolute atomic E-state index is 13.6. The smallest absolute Gasteiger partial charge is 0.356 e. The number of rotatable bonds is 20. The fourth-order valence-corrected chi connectivity index (χ4v) is 9.00. The number of nitrogens with one attached hydrogen (secondary N) is 2. The number of nitrogens with zero attached hydrogens (tertiary/aromatic N) is 4. The van der Waals surface area contributed by atoms with Gasteiger partial charge in [0.1, 0.15) is 11.6 Å². The highest BCUT2D eigenvalue weighted by atomic mass is 19.1. The lowest BCUT2D eigenvalue weighted by atomic mass is 9.91. The lowest BCUT2D eigenvalue weighted by molar-refractivity contribution is -0.154. The molecule has 6 aromatic rings. The van der Waals surface area contributed by atoms with Crippen LogP contribution in [0.2, 0.25) is 0 Å². The number of ether oxygens (including phenoxy) is 4. The van der Waals surface area contributed by atoms with Crippen LogP contribution in [0.1, 0.15) is 72.9 Å². The van der Waals surface area contributed by atoms with Crippen molar-refractivity contribution >= 4 is 45.7 Å². The molecule has 2 fully saturated rings. The fraction of sp³-hybridized carbons (Fsp3) is 0.385. The Morgan fingerprint density at radius 3 is 1.42 bits per heavy atom. The van der Waals surface area contributed by atoms with Gasteiger partial charge >= 0.3 is 11.9 Å². The van der Waals surface area contributed by atoms with Crippen LogP contribution in [0.4, 0.5) is 8.78 Å². The van der Waals surface area contributed by atoms with E-state index in [1.807, 2.05) is 11.0 Å². The number of carbonyl (C=O) groups is 4. The van der Waals surface area contributed by atoms with Crippen molar-refractivity contribution in [3.8, 4) is 23.0 Å². The highest BCUT2D eigenvalue weighted by Gasteiger charge is 2.27. The zero-order valence-electron chi connectivity index (χ0n) is 40.0. The Morgan fingerprint density at radius 2 is 1.01 bits per heavy atom. The molecule has 4 heterocycles. The first-order chi connectivity index (χ1) is 35.0. The van der Waals surface area contributed by atoms with E-state index in [9.17, 15) is 28.0 Å². The van der Waals surface area contributed by atoms with Gasteiger partial charge in [-0.05, 0) is 124 Å². The molecule has 2 aromatic heterocycles. The molecule has 0 radical (unpaired) electrons. The van der Waals surface area contributed by atoms with Crippen LogP contribution < -0.4 is 29.9 Å². The molecule has 2 saturated heterocycles. The van der Waals surface area contributed by atoms with Crippen molar-refractivity contribution in [3.05, 3.63) is 119 Å². The van der Waals surface area contributed by atoms with E-state index in [1.54, 1.807) is 48.5 Å². The van der Waals surface area contributed by atoms with Gasteiger partial charge in [0.05, 0.1) is 51.7 Å². The molecule has 2 aliphatic rings. The van der Waals surface area contributed by atoms with E-state index in [2.05, 4.69) is 20.1 Å². The average molecular weight is 995 g/mol. The second kappa shape index (κ2) is 24.5. The monoisotopic (exact) mass is 994 g/mol. The summed E-state index contributed by atoms with van der Waals surface area (Å²) in [5.74, 6) is -1.70. The van der Waals surface area contributed by atoms with Crippen LogP contribution >= 0.6 is 0 Å². The minimum atomic E-state index is -1.06. The lowest BCUT2D eigenvalue weighted by Crippen LogP contribution is -2.34. The molecule has 0 aliphatic carbocycles. The number of halogens is 2. The Balaban J connectivity index is 0.669. The van der Waals surface area contributed by atoms with Crippen LogP contribution in [0.3, 0.4) is 0 Å². The van der Waals surface area contributed by atoms with Crippen LogP contribution in [0.5, 0.6) is 23.0 Å². The normalized spacial score (nSPS) is 14.9. The van der Waals surface area contributed by atoms with Crippen LogP contribution in [-0.4, -0.2) is 111 Å². The average Bonchev–Trinajstić information content (AvgIpc) is 4.01. The minimum Gasteiger partial charge on any atom is -0.493 e. The van der Waals surface area contributed by atoms with Gasteiger partial charge in [-0.15, -0.1) is 0 Å². The summed E-state index contributed by atoms with van der Waals surface area (Å²) in [5, 5.41) is 10.2. The predicted molar refractivity (Wildman–Crippen MR) is 256 cm³/mol. The molecule has 8 rings (SSSR count). The van der Waals surface area contributed by atoms with E-state index in [-0.39, 0.29) is 36.3 Å². The molecule has 0 atom stereocenters. The summed E-state index contributed by atoms with van der Waals surface area (Å²) in [6.45, 7) is 6.17. The third kappa shape index (κ3) is 13.6. The molecule has 380 valence electrons. The summed E-state index contributed by atoms with van der Waals surface area (Å²) in [4.78, 5) is 63.7. The first-order valence-corrected chi connectivity index (χ1v) is 23.8. The van der Waals surface area contributed by atoms with E-state index in [1.165, 1.54) is 38.5 Å². The number of benzene rings is 4. The van der Waals surface area contributed by atoms with Gasteiger partial charge in [-0.2, -0.15) is 11.0 Å². The van der Waals surface area contributed by atoms with Crippen molar-refractivity contribution < 1.29 is 65.6 Å². The second-order valence-electron chi connectivity index (χ2n) is 17.6. The van der Waals surface area contributed by atoms with Crippen LogP contribution in [-0.2, 0) is 41.7 Å². The molecule has 2 N–H and O–H groups in total. The molecule has 4 aromatic carbocycles. The minimum absolute atomic E-state index is 0.155. The SMILES string of the molecule is COc1cc(CC(=O)NOC(=O)/C=C/C(=O)ONC(=O)Cc2ccc(OCCCN3CCC(c4noc5cc(F)ccc45)CC3)c(OC)c2)ccc1OCCCN1CCC(c2noc3cc(F)ccc23)CC1. The van der Waals surface area contributed by atoms with Crippen molar-refractivity contribution in [2.24, 2.45) is 0 Å². The Morgan fingerprint density at radius 1 is 0.597 bits per heavy atom. The van der Waals surface area contributed by atoms with Crippen molar-refractivity contribution in [3.63, 3.8) is 0 Å². The van der Waals surface area contributed by atoms with E-state index < -0.39 is 23.8 Å². The summed E-state index contributed by atoms with van der Waals surface area (Å²) in [5.41, 5.74) is 7.91. The number of hydroxylamine groups is 2. The Kier molecular flexibility index (Phi) is 17.3. The molecule has 0 unspecified atom stereocenters. The van der Waals surface area contributed by atoms with E-state index >= 15 is 0 Å².